The van der Waals surface area contributed by atoms with Crippen molar-refractivity contribution in [2.24, 2.45) is 0 Å². The second-order valence-corrected chi connectivity index (χ2v) is 5.26. The molecule has 0 unspecified atom stereocenters. The summed E-state index contributed by atoms with van der Waals surface area (Å²) in [6.07, 6.45) is 0.744. The molecule has 0 aliphatic heterocycles. The summed E-state index contributed by atoms with van der Waals surface area (Å²) in [6.45, 7) is 0.591. The van der Waals surface area contributed by atoms with Gasteiger partial charge in [0.25, 0.3) is 0 Å². The largest absolute Gasteiger partial charge is 0.489 e. The maximum atomic E-state index is 5.78. The SMILES string of the molecule is C(#Cc1ccccc1)Cc1ccc(OCc2ccccc2)cc1. The maximum absolute atomic E-state index is 5.78. The van der Waals surface area contributed by atoms with E-state index in [-0.39, 0.29) is 0 Å². The van der Waals surface area contributed by atoms with Crippen LogP contribution in [-0.2, 0) is 13.0 Å². The summed E-state index contributed by atoms with van der Waals surface area (Å²) in [6, 6.07) is 28.4. The van der Waals surface area contributed by atoms with Gasteiger partial charge in [-0.25, -0.2) is 0 Å². The first kappa shape index (κ1) is 14.9. The van der Waals surface area contributed by atoms with Crippen LogP contribution >= 0.6 is 0 Å². The molecule has 23 heavy (non-hydrogen) atoms. The highest BCUT2D eigenvalue weighted by Crippen LogP contribution is 2.14. The van der Waals surface area contributed by atoms with Gasteiger partial charge in [-0.2, -0.15) is 0 Å². The third-order valence-electron chi connectivity index (χ3n) is 3.47. The van der Waals surface area contributed by atoms with E-state index < -0.39 is 0 Å². The van der Waals surface area contributed by atoms with Crippen LogP contribution in [0.5, 0.6) is 5.75 Å². The number of hydrogen-bond donors (Lipinski definition) is 0. The lowest BCUT2D eigenvalue weighted by Gasteiger charge is -2.06. The molecule has 0 atom stereocenters. The minimum Gasteiger partial charge on any atom is -0.489 e. The fourth-order valence-electron chi connectivity index (χ4n) is 2.21. The molecule has 0 bridgehead atoms. The van der Waals surface area contributed by atoms with Gasteiger partial charge in [0.2, 0.25) is 0 Å². The molecule has 0 heterocycles. The summed E-state index contributed by atoms with van der Waals surface area (Å²) >= 11 is 0. The van der Waals surface area contributed by atoms with Crippen molar-refractivity contribution in [2.45, 2.75) is 13.0 Å². The van der Waals surface area contributed by atoms with Crippen molar-refractivity contribution in [3.63, 3.8) is 0 Å². The Morgan fingerprint density at radius 1 is 0.652 bits per heavy atom. The molecule has 0 radical (unpaired) electrons. The van der Waals surface area contributed by atoms with Crippen LogP contribution in [-0.4, -0.2) is 0 Å². The molecule has 3 aromatic carbocycles. The lowest BCUT2D eigenvalue weighted by atomic mass is 10.1. The van der Waals surface area contributed by atoms with Crippen molar-refractivity contribution in [1.82, 2.24) is 0 Å². The molecule has 0 saturated carbocycles. The van der Waals surface area contributed by atoms with E-state index in [0.29, 0.717) is 6.61 Å². The first-order valence-electron chi connectivity index (χ1n) is 7.70. The summed E-state index contributed by atoms with van der Waals surface area (Å²) in [5.74, 6) is 7.26. The molecule has 0 aliphatic rings. The molecule has 0 saturated heterocycles. The summed E-state index contributed by atoms with van der Waals surface area (Å²) in [5, 5.41) is 0. The molecular weight excluding hydrogens is 280 g/mol. The first-order valence-corrected chi connectivity index (χ1v) is 7.70. The second-order valence-electron chi connectivity index (χ2n) is 5.26. The van der Waals surface area contributed by atoms with Gasteiger partial charge in [0.15, 0.2) is 0 Å². The molecule has 1 heteroatoms. The zero-order chi connectivity index (χ0) is 15.7. The molecule has 112 valence electrons. The minimum atomic E-state index is 0.591. The zero-order valence-electron chi connectivity index (χ0n) is 12.9. The van der Waals surface area contributed by atoms with Crippen LogP contribution in [0.15, 0.2) is 84.9 Å². The average molecular weight is 298 g/mol. The quantitative estimate of drug-likeness (QED) is 0.625. The number of rotatable bonds is 4. The molecule has 3 aromatic rings. The average Bonchev–Trinajstić information content (AvgIpc) is 2.63. The number of hydrogen-bond acceptors (Lipinski definition) is 1. The molecule has 0 spiro atoms. The van der Waals surface area contributed by atoms with Crippen LogP contribution in [0.25, 0.3) is 0 Å². The Hall–Kier alpha value is -2.98. The molecule has 0 aliphatic carbocycles. The second kappa shape index (κ2) is 7.87. The van der Waals surface area contributed by atoms with Crippen molar-refractivity contribution in [1.29, 1.82) is 0 Å². The van der Waals surface area contributed by atoms with Crippen molar-refractivity contribution in [2.75, 3.05) is 0 Å². The summed E-state index contributed by atoms with van der Waals surface area (Å²) in [4.78, 5) is 0. The van der Waals surface area contributed by atoms with Gasteiger partial charge in [0.05, 0.1) is 0 Å². The van der Waals surface area contributed by atoms with E-state index in [9.17, 15) is 0 Å². The maximum Gasteiger partial charge on any atom is 0.119 e. The van der Waals surface area contributed by atoms with Gasteiger partial charge in [0.1, 0.15) is 12.4 Å². The van der Waals surface area contributed by atoms with E-state index in [1.54, 1.807) is 0 Å². The highest BCUT2D eigenvalue weighted by molar-refractivity contribution is 5.36. The van der Waals surface area contributed by atoms with E-state index in [4.69, 9.17) is 4.74 Å². The Balaban J connectivity index is 1.54. The predicted octanol–water partition coefficient (Wildman–Crippen LogP) is 4.86. The highest BCUT2D eigenvalue weighted by Gasteiger charge is 1.96. The Labute approximate surface area is 137 Å². The zero-order valence-corrected chi connectivity index (χ0v) is 12.9. The normalized spacial score (nSPS) is 9.74. The molecule has 0 fully saturated rings. The van der Waals surface area contributed by atoms with Crippen molar-refractivity contribution >= 4 is 0 Å². The van der Waals surface area contributed by atoms with E-state index in [0.717, 1.165) is 17.7 Å². The van der Waals surface area contributed by atoms with Crippen LogP contribution < -0.4 is 4.74 Å². The van der Waals surface area contributed by atoms with Gasteiger partial charge in [-0.3, -0.25) is 0 Å². The van der Waals surface area contributed by atoms with E-state index in [2.05, 4.69) is 36.1 Å². The van der Waals surface area contributed by atoms with Crippen molar-refractivity contribution in [3.05, 3.63) is 102 Å². The lowest BCUT2D eigenvalue weighted by molar-refractivity contribution is 0.306. The molecule has 1 nitrogen and oxygen atoms in total. The van der Waals surface area contributed by atoms with Crippen LogP contribution in [0.3, 0.4) is 0 Å². The summed E-state index contributed by atoms with van der Waals surface area (Å²) in [7, 11) is 0. The van der Waals surface area contributed by atoms with Crippen molar-refractivity contribution in [3.8, 4) is 17.6 Å². The first-order chi connectivity index (χ1) is 11.4. The Kier molecular flexibility index (Phi) is 5.11. The van der Waals surface area contributed by atoms with Gasteiger partial charge in [-0.1, -0.05) is 72.5 Å². The lowest BCUT2D eigenvalue weighted by Crippen LogP contribution is -1.95. The molecule has 0 amide bonds. The van der Waals surface area contributed by atoms with Crippen LogP contribution in [0.4, 0.5) is 0 Å². The van der Waals surface area contributed by atoms with Crippen molar-refractivity contribution < 1.29 is 4.74 Å². The third-order valence-corrected chi connectivity index (χ3v) is 3.47. The smallest absolute Gasteiger partial charge is 0.119 e. The fourth-order valence-corrected chi connectivity index (χ4v) is 2.21. The fraction of sp³-hybridized carbons (Fsp3) is 0.0909. The molecular formula is C22H18O. The van der Waals surface area contributed by atoms with Crippen LogP contribution in [0.1, 0.15) is 16.7 Å². The summed E-state index contributed by atoms with van der Waals surface area (Å²) < 4.78 is 5.78. The van der Waals surface area contributed by atoms with E-state index in [1.165, 1.54) is 11.1 Å². The number of benzene rings is 3. The summed E-state index contributed by atoms with van der Waals surface area (Å²) in [5.41, 5.74) is 3.42. The predicted molar refractivity (Wildman–Crippen MR) is 94.2 cm³/mol. The van der Waals surface area contributed by atoms with Gasteiger partial charge in [0, 0.05) is 12.0 Å². The highest BCUT2D eigenvalue weighted by atomic mass is 16.5. The van der Waals surface area contributed by atoms with Crippen LogP contribution in [0, 0.1) is 11.8 Å². The standard InChI is InChI=1S/C22H18O/c1-3-8-19(9-4-1)12-7-13-20-14-16-22(17-15-20)23-18-21-10-5-2-6-11-21/h1-6,8-11,14-17H,13,18H2. The Bertz CT molecular complexity index is 778. The van der Waals surface area contributed by atoms with Gasteiger partial charge < -0.3 is 4.74 Å². The van der Waals surface area contributed by atoms with Gasteiger partial charge in [-0.15, -0.1) is 0 Å². The van der Waals surface area contributed by atoms with Crippen LogP contribution in [0.2, 0.25) is 0 Å². The van der Waals surface area contributed by atoms with Gasteiger partial charge >= 0.3 is 0 Å². The third kappa shape index (κ3) is 4.76. The van der Waals surface area contributed by atoms with E-state index >= 15 is 0 Å². The Morgan fingerprint density at radius 3 is 2.00 bits per heavy atom. The Morgan fingerprint density at radius 2 is 1.30 bits per heavy atom. The molecule has 0 N–H and O–H groups in total. The number of ether oxygens (including phenoxy) is 1. The van der Waals surface area contributed by atoms with E-state index in [1.807, 2.05) is 60.7 Å². The topological polar surface area (TPSA) is 9.23 Å². The van der Waals surface area contributed by atoms with Gasteiger partial charge in [-0.05, 0) is 35.4 Å². The molecule has 0 aromatic heterocycles. The minimum absolute atomic E-state index is 0.591. The monoisotopic (exact) mass is 298 g/mol. The molecule has 3 rings (SSSR count).